The predicted molar refractivity (Wildman–Crippen MR) is 110 cm³/mol. The van der Waals surface area contributed by atoms with Gasteiger partial charge in [0.2, 0.25) is 0 Å². The third-order valence-corrected chi connectivity index (χ3v) is 5.15. The molecule has 3 aromatic rings. The van der Waals surface area contributed by atoms with Crippen molar-refractivity contribution < 1.29 is 18.7 Å². The molecule has 0 aliphatic carbocycles. The van der Waals surface area contributed by atoms with Crippen molar-refractivity contribution in [1.82, 2.24) is 14.8 Å². The van der Waals surface area contributed by atoms with Crippen molar-refractivity contribution >= 4 is 52.5 Å². The van der Waals surface area contributed by atoms with Crippen molar-refractivity contribution in [2.75, 3.05) is 17.7 Å². The molecule has 3 rings (SSSR count). The Morgan fingerprint density at radius 1 is 1.28 bits per heavy atom. The van der Waals surface area contributed by atoms with Gasteiger partial charge in [0.15, 0.2) is 23.3 Å². The number of rotatable bonds is 8. The van der Waals surface area contributed by atoms with E-state index in [0.717, 1.165) is 11.8 Å². The minimum atomic E-state index is -0.558. The molecule has 11 heteroatoms. The summed E-state index contributed by atoms with van der Waals surface area (Å²) in [6.45, 7) is 2.10. The third-order valence-electron chi connectivity index (χ3n) is 3.66. The third kappa shape index (κ3) is 5.53. The van der Waals surface area contributed by atoms with Crippen molar-refractivity contribution in [3.05, 3.63) is 46.6 Å². The van der Waals surface area contributed by atoms with Crippen LogP contribution in [0.25, 0.3) is 11.6 Å². The molecule has 1 amide bonds. The Labute approximate surface area is 180 Å². The van der Waals surface area contributed by atoms with Crippen molar-refractivity contribution in [3.63, 3.8) is 0 Å². The topological polar surface area (TPSA) is 99.2 Å². The molecule has 0 unspecified atom stereocenters. The molecule has 2 heterocycles. The highest BCUT2D eigenvalue weighted by molar-refractivity contribution is 7.99. The summed E-state index contributed by atoms with van der Waals surface area (Å²) in [5.41, 5.74) is 0.382. The van der Waals surface area contributed by atoms with E-state index in [1.165, 1.54) is 6.07 Å². The summed E-state index contributed by atoms with van der Waals surface area (Å²) in [5, 5.41) is 12.0. The standard InChI is InChI=1S/C18H16Cl2N4O4S/c1-2-24-17(14-4-3-7-27-14)22-23-18(24)29-10-16(26)28-9-15(25)21-13-6-5-11(19)8-12(13)20/h3-8H,2,9-10H2,1H3,(H,21,25). The summed E-state index contributed by atoms with van der Waals surface area (Å²) in [7, 11) is 0. The fourth-order valence-electron chi connectivity index (χ4n) is 2.36. The van der Waals surface area contributed by atoms with Gasteiger partial charge in [-0.1, -0.05) is 35.0 Å². The number of carbonyl (C=O) groups excluding carboxylic acids is 2. The maximum Gasteiger partial charge on any atom is 0.316 e. The fraction of sp³-hybridized carbons (Fsp3) is 0.222. The van der Waals surface area contributed by atoms with Gasteiger partial charge in [-0.05, 0) is 37.3 Å². The first-order valence-electron chi connectivity index (χ1n) is 8.48. The molecule has 29 heavy (non-hydrogen) atoms. The van der Waals surface area contributed by atoms with E-state index in [9.17, 15) is 9.59 Å². The van der Waals surface area contributed by atoms with Gasteiger partial charge in [-0.15, -0.1) is 10.2 Å². The van der Waals surface area contributed by atoms with E-state index in [-0.39, 0.29) is 5.75 Å². The number of thioether (sulfide) groups is 1. The molecule has 2 aromatic heterocycles. The quantitative estimate of drug-likeness (QED) is 0.403. The molecular formula is C18H16Cl2N4O4S. The second-order valence-corrected chi connectivity index (χ2v) is 7.44. The molecule has 0 atom stereocenters. The number of benzene rings is 1. The zero-order chi connectivity index (χ0) is 20.8. The SMILES string of the molecule is CCn1c(SCC(=O)OCC(=O)Nc2ccc(Cl)cc2Cl)nnc1-c1ccco1. The average Bonchev–Trinajstić information content (AvgIpc) is 3.36. The van der Waals surface area contributed by atoms with Crippen molar-refractivity contribution in [2.24, 2.45) is 0 Å². The number of nitrogens with one attached hydrogen (secondary N) is 1. The van der Waals surface area contributed by atoms with E-state index < -0.39 is 18.5 Å². The summed E-state index contributed by atoms with van der Waals surface area (Å²) in [5.74, 6) is 0.0755. The van der Waals surface area contributed by atoms with E-state index in [1.54, 1.807) is 30.5 Å². The number of nitrogens with zero attached hydrogens (tertiary/aromatic N) is 3. The van der Waals surface area contributed by atoms with Crippen LogP contribution in [0.4, 0.5) is 5.69 Å². The second kappa shape index (κ2) is 9.82. The van der Waals surface area contributed by atoms with Gasteiger partial charge in [0, 0.05) is 11.6 Å². The summed E-state index contributed by atoms with van der Waals surface area (Å²) < 4.78 is 12.2. The molecule has 0 spiro atoms. The summed E-state index contributed by atoms with van der Waals surface area (Å²) in [6.07, 6.45) is 1.55. The van der Waals surface area contributed by atoms with Crippen molar-refractivity contribution in [3.8, 4) is 11.6 Å². The zero-order valence-corrected chi connectivity index (χ0v) is 17.6. The first-order valence-corrected chi connectivity index (χ1v) is 10.2. The van der Waals surface area contributed by atoms with Gasteiger partial charge in [-0.2, -0.15) is 0 Å². The molecule has 152 valence electrons. The first kappa shape index (κ1) is 21.2. The van der Waals surface area contributed by atoms with Gasteiger partial charge in [-0.25, -0.2) is 0 Å². The molecule has 0 aliphatic rings. The number of furan rings is 1. The number of ether oxygens (including phenoxy) is 1. The van der Waals surface area contributed by atoms with Gasteiger partial charge in [0.25, 0.3) is 5.91 Å². The maximum atomic E-state index is 12.0. The lowest BCUT2D eigenvalue weighted by atomic mass is 10.3. The van der Waals surface area contributed by atoms with Gasteiger partial charge in [0.05, 0.1) is 22.7 Å². The molecule has 1 aromatic carbocycles. The minimum absolute atomic E-state index is 0.0226. The van der Waals surface area contributed by atoms with Crippen LogP contribution >= 0.6 is 35.0 Å². The number of hydrogen-bond donors (Lipinski definition) is 1. The largest absolute Gasteiger partial charge is 0.461 e. The van der Waals surface area contributed by atoms with E-state index in [0.29, 0.717) is 39.0 Å². The molecule has 0 aliphatic heterocycles. The van der Waals surface area contributed by atoms with Crippen molar-refractivity contribution in [2.45, 2.75) is 18.6 Å². The Bertz CT molecular complexity index is 1010. The number of anilines is 1. The van der Waals surface area contributed by atoms with E-state index in [1.807, 2.05) is 11.5 Å². The highest BCUT2D eigenvalue weighted by Gasteiger charge is 2.17. The molecule has 0 bridgehead atoms. The highest BCUT2D eigenvalue weighted by atomic mass is 35.5. The monoisotopic (exact) mass is 454 g/mol. The van der Waals surface area contributed by atoms with Crippen LogP contribution in [-0.2, 0) is 20.9 Å². The van der Waals surface area contributed by atoms with Gasteiger partial charge < -0.3 is 14.5 Å². The lowest BCUT2D eigenvalue weighted by molar-refractivity contribution is -0.144. The Balaban J connectivity index is 1.49. The van der Waals surface area contributed by atoms with E-state index in [4.69, 9.17) is 32.4 Å². The second-order valence-electron chi connectivity index (χ2n) is 5.65. The van der Waals surface area contributed by atoms with Crippen LogP contribution < -0.4 is 5.32 Å². The number of aromatic nitrogens is 3. The van der Waals surface area contributed by atoms with Gasteiger partial charge in [-0.3, -0.25) is 14.2 Å². The number of carbonyl (C=O) groups is 2. The Morgan fingerprint density at radius 2 is 2.10 bits per heavy atom. The first-order chi connectivity index (χ1) is 14.0. The number of hydrogen-bond acceptors (Lipinski definition) is 7. The lowest BCUT2D eigenvalue weighted by Crippen LogP contribution is -2.21. The predicted octanol–water partition coefficient (Wildman–Crippen LogP) is 4.14. The number of halogens is 2. The smallest absolute Gasteiger partial charge is 0.316 e. The van der Waals surface area contributed by atoms with Crippen LogP contribution in [0.1, 0.15) is 6.92 Å². The molecule has 0 saturated heterocycles. The van der Waals surface area contributed by atoms with Crippen LogP contribution in [0.3, 0.4) is 0 Å². The van der Waals surface area contributed by atoms with Crippen LogP contribution in [0, 0.1) is 0 Å². The van der Waals surface area contributed by atoms with Crippen LogP contribution in [-0.4, -0.2) is 39.0 Å². The fourth-order valence-corrected chi connectivity index (χ4v) is 3.61. The zero-order valence-electron chi connectivity index (χ0n) is 15.2. The number of esters is 1. The van der Waals surface area contributed by atoms with Crippen molar-refractivity contribution in [1.29, 1.82) is 0 Å². The van der Waals surface area contributed by atoms with Gasteiger partial charge >= 0.3 is 5.97 Å². The highest BCUT2D eigenvalue weighted by Crippen LogP contribution is 2.26. The summed E-state index contributed by atoms with van der Waals surface area (Å²) >= 11 is 13.0. The van der Waals surface area contributed by atoms with Crippen LogP contribution in [0.5, 0.6) is 0 Å². The molecule has 1 N–H and O–H groups in total. The molecule has 0 fully saturated rings. The average molecular weight is 455 g/mol. The normalized spacial score (nSPS) is 10.7. The minimum Gasteiger partial charge on any atom is -0.461 e. The Morgan fingerprint density at radius 3 is 2.79 bits per heavy atom. The Kier molecular flexibility index (Phi) is 7.18. The molecule has 0 radical (unpaired) electrons. The van der Waals surface area contributed by atoms with Gasteiger partial charge in [0.1, 0.15) is 0 Å². The Hall–Kier alpha value is -2.49. The molecular weight excluding hydrogens is 439 g/mol. The molecule has 0 saturated carbocycles. The number of amides is 1. The van der Waals surface area contributed by atoms with E-state index >= 15 is 0 Å². The van der Waals surface area contributed by atoms with Crippen LogP contribution in [0.2, 0.25) is 10.0 Å². The molecule has 8 nitrogen and oxygen atoms in total. The van der Waals surface area contributed by atoms with Crippen LogP contribution in [0.15, 0.2) is 46.2 Å². The maximum absolute atomic E-state index is 12.0. The van der Waals surface area contributed by atoms with E-state index in [2.05, 4.69) is 15.5 Å². The lowest BCUT2D eigenvalue weighted by Gasteiger charge is -2.08. The summed E-state index contributed by atoms with van der Waals surface area (Å²) in [6, 6.07) is 8.20. The summed E-state index contributed by atoms with van der Waals surface area (Å²) in [4.78, 5) is 23.9.